The molecular formula is C17H22N2O. The van der Waals surface area contributed by atoms with Crippen LogP contribution in [0.5, 0.6) is 5.75 Å². The van der Waals surface area contributed by atoms with Gasteiger partial charge in [-0.3, -0.25) is 0 Å². The van der Waals surface area contributed by atoms with Crippen molar-refractivity contribution in [3.63, 3.8) is 0 Å². The molecule has 1 aromatic carbocycles. The van der Waals surface area contributed by atoms with Crippen LogP contribution in [0.25, 0.3) is 0 Å². The van der Waals surface area contributed by atoms with Gasteiger partial charge >= 0.3 is 0 Å². The molecule has 3 rings (SSSR count). The lowest BCUT2D eigenvalue weighted by Gasteiger charge is -2.14. The van der Waals surface area contributed by atoms with Gasteiger partial charge in [-0.05, 0) is 29.2 Å². The molecule has 2 atom stereocenters. The zero-order chi connectivity index (χ0) is 14.1. The van der Waals surface area contributed by atoms with E-state index in [0.717, 1.165) is 18.7 Å². The number of hydrogen-bond acceptors (Lipinski definition) is 2. The van der Waals surface area contributed by atoms with E-state index in [1.54, 1.807) is 0 Å². The van der Waals surface area contributed by atoms with Crippen molar-refractivity contribution in [3.05, 3.63) is 53.9 Å². The van der Waals surface area contributed by atoms with Crippen molar-refractivity contribution in [1.82, 2.24) is 4.57 Å². The molecule has 106 valence electrons. The Kier molecular flexibility index (Phi) is 3.53. The third-order valence-electron chi connectivity index (χ3n) is 4.00. The lowest BCUT2D eigenvalue weighted by Crippen LogP contribution is -2.20. The molecule has 3 nitrogen and oxygen atoms in total. The van der Waals surface area contributed by atoms with Crippen LogP contribution < -0.4 is 10.5 Å². The Balaban J connectivity index is 1.66. The smallest absolute Gasteiger partial charge is 0.123 e. The van der Waals surface area contributed by atoms with E-state index in [0.29, 0.717) is 5.92 Å². The van der Waals surface area contributed by atoms with E-state index in [2.05, 4.69) is 49.0 Å². The Morgan fingerprint density at radius 2 is 2.10 bits per heavy atom. The molecule has 0 radical (unpaired) electrons. The Bertz CT molecular complexity index is 563. The van der Waals surface area contributed by atoms with Crippen molar-refractivity contribution in [2.75, 3.05) is 0 Å². The summed E-state index contributed by atoms with van der Waals surface area (Å²) in [5.41, 5.74) is 8.70. The molecule has 0 spiro atoms. The van der Waals surface area contributed by atoms with Gasteiger partial charge in [0.05, 0.1) is 6.54 Å². The first kappa shape index (κ1) is 13.3. The summed E-state index contributed by atoms with van der Waals surface area (Å²) < 4.78 is 8.16. The average Bonchev–Trinajstić information content (AvgIpc) is 3.03. The second-order valence-electron chi connectivity index (χ2n) is 5.96. The molecule has 1 aromatic heterocycles. The van der Waals surface area contributed by atoms with Crippen LogP contribution in [0, 0.1) is 5.92 Å². The highest BCUT2D eigenvalue weighted by molar-refractivity contribution is 5.37. The normalized spacial score (nSPS) is 18.9. The maximum absolute atomic E-state index is 6.18. The summed E-state index contributed by atoms with van der Waals surface area (Å²) >= 11 is 0. The Hall–Kier alpha value is -1.74. The first-order valence-corrected chi connectivity index (χ1v) is 7.29. The van der Waals surface area contributed by atoms with Crippen molar-refractivity contribution < 1.29 is 4.74 Å². The minimum Gasteiger partial charge on any atom is -0.488 e. The van der Waals surface area contributed by atoms with Gasteiger partial charge in [0.2, 0.25) is 0 Å². The maximum Gasteiger partial charge on any atom is 0.123 e. The molecule has 0 bridgehead atoms. The van der Waals surface area contributed by atoms with Crippen LogP contribution >= 0.6 is 0 Å². The molecule has 2 aromatic rings. The highest BCUT2D eigenvalue weighted by atomic mass is 16.5. The number of aromatic nitrogens is 1. The van der Waals surface area contributed by atoms with Crippen molar-refractivity contribution in [2.45, 2.75) is 39.0 Å². The van der Waals surface area contributed by atoms with E-state index < -0.39 is 0 Å². The van der Waals surface area contributed by atoms with E-state index >= 15 is 0 Å². The molecule has 0 saturated carbocycles. The molecule has 0 aliphatic carbocycles. The van der Waals surface area contributed by atoms with E-state index in [1.807, 2.05) is 12.1 Å². The van der Waals surface area contributed by atoms with Gasteiger partial charge in [0.15, 0.2) is 0 Å². The van der Waals surface area contributed by atoms with Gasteiger partial charge in [0.1, 0.15) is 11.9 Å². The van der Waals surface area contributed by atoms with Gasteiger partial charge in [-0.15, -0.1) is 0 Å². The Morgan fingerprint density at radius 1 is 1.30 bits per heavy atom. The fraction of sp³-hybridized carbons (Fsp3) is 0.412. The second kappa shape index (κ2) is 5.33. The van der Waals surface area contributed by atoms with Gasteiger partial charge in [-0.25, -0.2) is 0 Å². The standard InChI is InChI=1S/C17H22N2O/c1-12(2)17(18)14-7-8-19(10-14)11-15-9-13-5-3-4-6-16(13)20-15/h3-8,10,12,15,17H,9,11,18H2,1-2H3. The summed E-state index contributed by atoms with van der Waals surface area (Å²) in [4.78, 5) is 0. The van der Waals surface area contributed by atoms with E-state index in [4.69, 9.17) is 10.5 Å². The summed E-state index contributed by atoms with van der Waals surface area (Å²) in [6.45, 7) is 5.18. The van der Waals surface area contributed by atoms with E-state index in [9.17, 15) is 0 Å². The number of benzene rings is 1. The minimum absolute atomic E-state index is 0.109. The molecule has 0 fully saturated rings. The first-order valence-electron chi connectivity index (χ1n) is 7.29. The van der Waals surface area contributed by atoms with Crippen molar-refractivity contribution in [3.8, 4) is 5.75 Å². The second-order valence-corrected chi connectivity index (χ2v) is 5.96. The number of ether oxygens (including phenoxy) is 1. The van der Waals surface area contributed by atoms with Gasteiger partial charge in [0, 0.05) is 24.9 Å². The molecule has 1 aliphatic heterocycles. The molecule has 3 heteroatoms. The third kappa shape index (κ3) is 2.59. The van der Waals surface area contributed by atoms with Gasteiger partial charge in [-0.1, -0.05) is 32.0 Å². The van der Waals surface area contributed by atoms with Crippen LogP contribution in [-0.4, -0.2) is 10.7 Å². The number of nitrogens with zero attached hydrogens (tertiary/aromatic N) is 1. The first-order chi connectivity index (χ1) is 9.63. The van der Waals surface area contributed by atoms with E-state index in [-0.39, 0.29) is 12.1 Å². The lowest BCUT2D eigenvalue weighted by molar-refractivity contribution is 0.209. The van der Waals surface area contributed by atoms with E-state index in [1.165, 1.54) is 11.1 Å². The van der Waals surface area contributed by atoms with Crippen LogP contribution in [0.1, 0.15) is 31.0 Å². The molecule has 2 heterocycles. The molecular weight excluding hydrogens is 248 g/mol. The highest BCUT2D eigenvalue weighted by Crippen LogP contribution is 2.29. The fourth-order valence-corrected chi connectivity index (χ4v) is 2.75. The fourth-order valence-electron chi connectivity index (χ4n) is 2.75. The van der Waals surface area contributed by atoms with Gasteiger partial charge < -0.3 is 15.0 Å². The SMILES string of the molecule is CC(C)C(N)c1ccn(CC2Cc3ccccc3O2)c1. The third-order valence-corrected chi connectivity index (χ3v) is 4.00. The van der Waals surface area contributed by atoms with Crippen LogP contribution in [0.3, 0.4) is 0 Å². The van der Waals surface area contributed by atoms with Crippen molar-refractivity contribution in [2.24, 2.45) is 11.7 Å². The quantitative estimate of drug-likeness (QED) is 0.927. The van der Waals surface area contributed by atoms with Gasteiger partial charge in [-0.2, -0.15) is 0 Å². The van der Waals surface area contributed by atoms with Crippen LogP contribution in [0.4, 0.5) is 0 Å². The number of fused-ring (bicyclic) bond motifs is 1. The lowest BCUT2D eigenvalue weighted by atomic mass is 10.00. The predicted octanol–water partition coefficient (Wildman–Crippen LogP) is 3.15. The summed E-state index contributed by atoms with van der Waals surface area (Å²) in [6, 6.07) is 10.5. The maximum atomic E-state index is 6.18. The number of rotatable bonds is 4. The molecule has 2 unspecified atom stereocenters. The van der Waals surface area contributed by atoms with Crippen LogP contribution in [-0.2, 0) is 13.0 Å². The number of nitrogens with two attached hydrogens (primary N) is 1. The molecule has 1 aliphatic rings. The summed E-state index contributed by atoms with van der Waals surface area (Å²) in [6.07, 6.45) is 5.46. The Labute approximate surface area is 120 Å². The monoisotopic (exact) mass is 270 g/mol. The summed E-state index contributed by atoms with van der Waals surface area (Å²) in [5, 5.41) is 0. The van der Waals surface area contributed by atoms with Gasteiger partial charge in [0.25, 0.3) is 0 Å². The average molecular weight is 270 g/mol. The van der Waals surface area contributed by atoms with Crippen molar-refractivity contribution in [1.29, 1.82) is 0 Å². The number of para-hydroxylation sites is 1. The largest absolute Gasteiger partial charge is 0.488 e. The minimum atomic E-state index is 0.109. The molecule has 0 amide bonds. The Morgan fingerprint density at radius 3 is 2.85 bits per heavy atom. The van der Waals surface area contributed by atoms with Crippen molar-refractivity contribution >= 4 is 0 Å². The molecule has 0 saturated heterocycles. The summed E-state index contributed by atoms with van der Waals surface area (Å²) in [7, 11) is 0. The predicted molar refractivity (Wildman–Crippen MR) is 80.8 cm³/mol. The topological polar surface area (TPSA) is 40.2 Å². The molecule has 2 N–H and O–H groups in total. The zero-order valence-electron chi connectivity index (χ0n) is 12.1. The van der Waals surface area contributed by atoms with Crippen LogP contribution in [0.2, 0.25) is 0 Å². The zero-order valence-corrected chi connectivity index (χ0v) is 12.1. The summed E-state index contributed by atoms with van der Waals surface area (Å²) in [5.74, 6) is 1.49. The van der Waals surface area contributed by atoms with Crippen LogP contribution in [0.15, 0.2) is 42.7 Å². The number of hydrogen-bond donors (Lipinski definition) is 1. The molecule has 20 heavy (non-hydrogen) atoms. The highest BCUT2D eigenvalue weighted by Gasteiger charge is 2.22.